The number of carbonyl (C=O) groups is 2. The van der Waals surface area contributed by atoms with Gasteiger partial charge in [0.15, 0.2) is 6.04 Å². The minimum Gasteiger partial charge on any atom is -0.480 e. The number of nitrogens with one attached hydrogen (secondary N) is 2. The molecule has 6 heteroatoms. The topological polar surface area (TPSA) is 87.7 Å². The van der Waals surface area contributed by atoms with Crippen molar-refractivity contribution in [2.45, 2.75) is 25.8 Å². The van der Waals surface area contributed by atoms with Gasteiger partial charge in [0.05, 0.1) is 6.61 Å². The number of hydrogen-bond acceptors (Lipinski definition) is 3. The van der Waals surface area contributed by atoms with Crippen molar-refractivity contribution >= 4 is 12.0 Å². The van der Waals surface area contributed by atoms with Crippen LogP contribution in [0.2, 0.25) is 0 Å². The Balaban J connectivity index is 2.23. The Labute approximate surface area is 101 Å². The minimum absolute atomic E-state index is 0.0407. The molecule has 6 nitrogen and oxygen atoms in total. The molecule has 0 spiro atoms. The van der Waals surface area contributed by atoms with Gasteiger partial charge in [0.2, 0.25) is 0 Å². The van der Waals surface area contributed by atoms with Crippen LogP contribution in [0.3, 0.4) is 0 Å². The van der Waals surface area contributed by atoms with E-state index in [4.69, 9.17) is 9.84 Å². The maximum absolute atomic E-state index is 11.4. The Kier molecular flexibility index (Phi) is 5.21. The quantitative estimate of drug-likeness (QED) is 0.606. The number of aliphatic carboxylic acids is 1. The van der Waals surface area contributed by atoms with E-state index in [-0.39, 0.29) is 6.61 Å². The molecule has 98 valence electrons. The van der Waals surface area contributed by atoms with Crippen molar-refractivity contribution in [3.8, 4) is 0 Å². The lowest BCUT2D eigenvalue weighted by Crippen LogP contribution is -2.49. The lowest BCUT2D eigenvalue weighted by molar-refractivity contribution is -0.140. The van der Waals surface area contributed by atoms with Gasteiger partial charge in [-0.15, -0.1) is 0 Å². The fraction of sp³-hybridized carbons (Fsp3) is 0.818. The molecule has 2 amide bonds. The Morgan fingerprint density at radius 3 is 2.59 bits per heavy atom. The number of amides is 2. The van der Waals surface area contributed by atoms with E-state index in [0.29, 0.717) is 18.4 Å². The Morgan fingerprint density at radius 1 is 1.47 bits per heavy atom. The second kappa shape index (κ2) is 6.44. The number of ether oxygens (including phenoxy) is 1. The highest BCUT2D eigenvalue weighted by atomic mass is 16.5. The van der Waals surface area contributed by atoms with Crippen LogP contribution < -0.4 is 10.6 Å². The van der Waals surface area contributed by atoms with Crippen LogP contribution in [0.1, 0.15) is 19.8 Å². The fourth-order valence-electron chi connectivity index (χ4n) is 1.64. The average Bonchev–Trinajstić information content (AvgIpc) is 3.08. The van der Waals surface area contributed by atoms with Crippen molar-refractivity contribution in [1.29, 1.82) is 0 Å². The summed E-state index contributed by atoms with van der Waals surface area (Å²) in [5.74, 6) is 0.0632. The Hall–Kier alpha value is -1.30. The highest BCUT2D eigenvalue weighted by Gasteiger charge is 2.28. The number of hydrogen-bond donors (Lipinski definition) is 3. The number of urea groups is 1. The monoisotopic (exact) mass is 244 g/mol. The third-order valence-corrected chi connectivity index (χ3v) is 2.95. The van der Waals surface area contributed by atoms with Gasteiger partial charge in [-0.05, 0) is 24.7 Å². The highest BCUT2D eigenvalue weighted by Crippen LogP contribution is 2.35. The van der Waals surface area contributed by atoms with Gasteiger partial charge in [0.25, 0.3) is 0 Å². The molecule has 0 radical (unpaired) electrons. The Bertz CT molecular complexity index is 279. The number of carboxylic acids is 1. The first-order valence-corrected chi connectivity index (χ1v) is 5.80. The van der Waals surface area contributed by atoms with Crippen LogP contribution in [0.25, 0.3) is 0 Å². The first kappa shape index (κ1) is 13.8. The summed E-state index contributed by atoms with van der Waals surface area (Å²) in [6, 6.07) is -1.46. The molecule has 1 rings (SSSR count). The molecule has 0 aromatic rings. The van der Waals surface area contributed by atoms with E-state index in [1.54, 1.807) is 0 Å². The van der Waals surface area contributed by atoms with Crippen molar-refractivity contribution in [1.82, 2.24) is 10.6 Å². The van der Waals surface area contributed by atoms with Crippen molar-refractivity contribution in [3.63, 3.8) is 0 Å². The van der Waals surface area contributed by atoms with E-state index in [0.717, 1.165) is 0 Å². The summed E-state index contributed by atoms with van der Waals surface area (Å²) in [5.41, 5.74) is 0. The SMILES string of the molecule is COCC(NC(=O)NCC(C)C1CC1)C(=O)O. The molecule has 3 N–H and O–H groups in total. The summed E-state index contributed by atoms with van der Waals surface area (Å²) >= 11 is 0. The van der Waals surface area contributed by atoms with E-state index < -0.39 is 18.0 Å². The molecule has 0 heterocycles. The molecule has 1 aliphatic rings. The molecule has 17 heavy (non-hydrogen) atoms. The largest absolute Gasteiger partial charge is 0.480 e. The fourth-order valence-corrected chi connectivity index (χ4v) is 1.64. The standard InChI is InChI=1S/C11H20N2O4/c1-7(8-3-4-8)5-12-11(16)13-9(6-17-2)10(14)15/h7-9H,3-6H2,1-2H3,(H,14,15)(H2,12,13,16). The first-order valence-electron chi connectivity index (χ1n) is 5.80. The van der Waals surface area contributed by atoms with Crippen LogP contribution in [0.15, 0.2) is 0 Å². The molecular formula is C11H20N2O4. The van der Waals surface area contributed by atoms with Crippen molar-refractivity contribution in [3.05, 3.63) is 0 Å². The van der Waals surface area contributed by atoms with Gasteiger partial charge < -0.3 is 20.5 Å². The van der Waals surface area contributed by atoms with Crippen LogP contribution in [-0.4, -0.2) is 43.4 Å². The van der Waals surface area contributed by atoms with E-state index in [1.165, 1.54) is 20.0 Å². The zero-order chi connectivity index (χ0) is 12.8. The summed E-state index contributed by atoms with van der Waals surface area (Å²) in [6.07, 6.45) is 2.46. The molecule has 1 fully saturated rings. The summed E-state index contributed by atoms with van der Waals surface area (Å²) in [5, 5.41) is 13.8. The third-order valence-electron chi connectivity index (χ3n) is 2.95. The number of carboxylic acid groups (broad SMARTS) is 1. The van der Waals surface area contributed by atoms with E-state index in [9.17, 15) is 9.59 Å². The molecule has 0 aliphatic heterocycles. The molecule has 2 unspecified atom stereocenters. The summed E-state index contributed by atoms with van der Waals surface area (Å²) < 4.78 is 4.72. The highest BCUT2D eigenvalue weighted by molar-refractivity contribution is 5.82. The van der Waals surface area contributed by atoms with E-state index in [2.05, 4.69) is 17.6 Å². The van der Waals surface area contributed by atoms with Crippen LogP contribution in [0.4, 0.5) is 4.79 Å². The lowest BCUT2D eigenvalue weighted by Gasteiger charge is -2.16. The second-order valence-corrected chi connectivity index (χ2v) is 4.52. The molecule has 0 bridgehead atoms. The summed E-state index contributed by atoms with van der Waals surface area (Å²) in [7, 11) is 1.39. The number of carbonyl (C=O) groups excluding carboxylic acids is 1. The van der Waals surface area contributed by atoms with Gasteiger partial charge in [0, 0.05) is 13.7 Å². The van der Waals surface area contributed by atoms with Crippen molar-refractivity contribution in [2.75, 3.05) is 20.3 Å². The molecular weight excluding hydrogens is 224 g/mol. The molecule has 1 saturated carbocycles. The molecule has 1 aliphatic carbocycles. The Morgan fingerprint density at radius 2 is 2.12 bits per heavy atom. The smallest absolute Gasteiger partial charge is 0.328 e. The first-order chi connectivity index (χ1) is 8.04. The zero-order valence-corrected chi connectivity index (χ0v) is 10.2. The second-order valence-electron chi connectivity index (χ2n) is 4.52. The summed E-state index contributed by atoms with van der Waals surface area (Å²) in [6.45, 7) is 2.62. The molecule has 0 aromatic carbocycles. The van der Waals surface area contributed by atoms with Gasteiger partial charge in [0.1, 0.15) is 0 Å². The van der Waals surface area contributed by atoms with Gasteiger partial charge >= 0.3 is 12.0 Å². The van der Waals surface area contributed by atoms with Crippen molar-refractivity contribution < 1.29 is 19.4 Å². The predicted octanol–water partition coefficient (Wildman–Crippen LogP) is 0.431. The van der Waals surface area contributed by atoms with Gasteiger partial charge in [-0.3, -0.25) is 0 Å². The van der Waals surface area contributed by atoms with E-state index in [1.807, 2.05) is 0 Å². The van der Waals surface area contributed by atoms with Crippen LogP contribution in [0, 0.1) is 11.8 Å². The molecule has 0 aromatic heterocycles. The van der Waals surface area contributed by atoms with E-state index >= 15 is 0 Å². The van der Waals surface area contributed by atoms with Gasteiger partial charge in [-0.1, -0.05) is 6.92 Å². The third kappa shape index (κ3) is 5.04. The maximum Gasteiger partial charge on any atom is 0.328 e. The van der Waals surface area contributed by atoms with Crippen molar-refractivity contribution in [2.24, 2.45) is 11.8 Å². The molecule has 0 saturated heterocycles. The van der Waals surface area contributed by atoms with Crippen LogP contribution >= 0.6 is 0 Å². The number of methoxy groups -OCH3 is 1. The van der Waals surface area contributed by atoms with Gasteiger partial charge in [-0.2, -0.15) is 0 Å². The lowest BCUT2D eigenvalue weighted by atomic mass is 10.1. The van der Waals surface area contributed by atoms with Gasteiger partial charge in [-0.25, -0.2) is 9.59 Å². The maximum atomic E-state index is 11.4. The average molecular weight is 244 g/mol. The molecule has 2 atom stereocenters. The van der Waals surface area contributed by atoms with Crippen LogP contribution in [-0.2, 0) is 9.53 Å². The minimum atomic E-state index is -1.10. The van der Waals surface area contributed by atoms with Crippen LogP contribution in [0.5, 0.6) is 0 Å². The predicted molar refractivity (Wildman–Crippen MR) is 61.7 cm³/mol. The zero-order valence-electron chi connectivity index (χ0n) is 10.2. The normalized spacial score (nSPS) is 18.2. The number of rotatable bonds is 7. The summed E-state index contributed by atoms with van der Waals surface area (Å²) in [4.78, 5) is 22.2.